The van der Waals surface area contributed by atoms with Crippen molar-refractivity contribution in [2.75, 3.05) is 42.9 Å². The topological polar surface area (TPSA) is 35.6 Å². The van der Waals surface area contributed by atoms with E-state index in [1.165, 1.54) is 0 Å². The molecule has 0 spiro atoms. The number of nitrogens with one attached hydrogen (secondary N) is 1. The van der Waals surface area contributed by atoms with E-state index in [4.69, 9.17) is 23.2 Å². The highest BCUT2D eigenvalue weighted by Gasteiger charge is 2.18. The zero-order valence-electron chi connectivity index (χ0n) is 14.8. The molecule has 0 saturated carbocycles. The molecular weight excluding hydrogens is 369 g/mol. The lowest BCUT2D eigenvalue weighted by Crippen LogP contribution is -2.47. The van der Waals surface area contributed by atoms with Gasteiger partial charge in [-0.1, -0.05) is 29.3 Å². The normalized spacial score (nSPS) is 15.1. The minimum atomic E-state index is 0.0349. The molecule has 0 bridgehead atoms. The van der Waals surface area contributed by atoms with Crippen molar-refractivity contribution in [1.82, 2.24) is 4.90 Å². The lowest BCUT2D eigenvalue weighted by molar-refractivity contribution is -0.116. The second-order valence-electron chi connectivity index (χ2n) is 6.57. The first-order valence-corrected chi connectivity index (χ1v) is 9.56. The van der Waals surface area contributed by atoms with Crippen LogP contribution in [0.15, 0.2) is 42.5 Å². The molecule has 138 valence electrons. The third-order valence-corrected chi connectivity index (χ3v) is 5.13. The molecule has 1 amide bonds. The van der Waals surface area contributed by atoms with Crippen LogP contribution in [-0.2, 0) is 4.79 Å². The van der Waals surface area contributed by atoms with Crippen molar-refractivity contribution in [3.63, 3.8) is 0 Å². The largest absolute Gasteiger partial charge is 0.369 e. The summed E-state index contributed by atoms with van der Waals surface area (Å²) in [5, 5.41) is 4.41. The molecule has 6 heteroatoms. The third-order valence-electron chi connectivity index (χ3n) is 4.66. The molecule has 0 aromatic heterocycles. The molecule has 1 fully saturated rings. The van der Waals surface area contributed by atoms with Gasteiger partial charge in [0.1, 0.15) is 0 Å². The highest BCUT2D eigenvalue weighted by Crippen LogP contribution is 2.21. The highest BCUT2D eigenvalue weighted by molar-refractivity contribution is 6.31. The summed E-state index contributed by atoms with van der Waals surface area (Å²) in [4.78, 5) is 16.9. The van der Waals surface area contributed by atoms with E-state index in [-0.39, 0.29) is 5.91 Å². The summed E-state index contributed by atoms with van der Waals surface area (Å²) in [6.07, 6.45) is 0.485. The van der Waals surface area contributed by atoms with Gasteiger partial charge in [0.05, 0.1) is 0 Å². The Morgan fingerprint density at radius 2 is 1.77 bits per heavy atom. The molecule has 1 aliphatic heterocycles. The van der Waals surface area contributed by atoms with Crippen molar-refractivity contribution in [3.8, 4) is 0 Å². The average Bonchev–Trinajstić information content (AvgIpc) is 2.63. The molecule has 1 N–H and O–H groups in total. The van der Waals surface area contributed by atoms with E-state index in [1.54, 1.807) is 6.07 Å². The maximum atomic E-state index is 12.2. The van der Waals surface area contributed by atoms with Crippen molar-refractivity contribution in [1.29, 1.82) is 0 Å². The fraction of sp³-hybridized carbons (Fsp3) is 0.350. The Labute approximate surface area is 164 Å². The van der Waals surface area contributed by atoms with Gasteiger partial charge in [0.2, 0.25) is 5.91 Å². The molecular formula is C20H23Cl2N3O. The van der Waals surface area contributed by atoms with Gasteiger partial charge in [-0.25, -0.2) is 0 Å². The van der Waals surface area contributed by atoms with Crippen LogP contribution < -0.4 is 10.2 Å². The molecule has 2 aromatic rings. The first-order chi connectivity index (χ1) is 12.5. The van der Waals surface area contributed by atoms with Gasteiger partial charge in [-0.15, -0.1) is 0 Å². The molecule has 2 aromatic carbocycles. The standard InChI is InChI=1S/C20H23Cl2N3O/c1-15-13-17(22)5-6-19(15)23-20(26)7-8-24-9-11-25(12-10-24)18-4-2-3-16(21)14-18/h2-6,13-14H,7-12H2,1H3,(H,23,26). The number of amides is 1. The van der Waals surface area contributed by atoms with Crippen molar-refractivity contribution in [3.05, 3.63) is 58.1 Å². The Kier molecular flexibility index (Phi) is 6.41. The van der Waals surface area contributed by atoms with Crippen LogP contribution in [0.2, 0.25) is 10.0 Å². The first kappa shape index (κ1) is 19.0. The van der Waals surface area contributed by atoms with Gasteiger partial charge in [0, 0.05) is 60.6 Å². The maximum absolute atomic E-state index is 12.2. The molecule has 26 heavy (non-hydrogen) atoms. The lowest BCUT2D eigenvalue weighted by Gasteiger charge is -2.36. The van der Waals surface area contributed by atoms with Crippen molar-refractivity contribution < 1.29 is 4.79 Å². The number of hydrogen-bond donors (Lipinski definition) is 1. The SMILES string of the molecule is Cc1cc(Cl)ccc1NC(=O)CCN1CCN(c2cccc(Cl)c2)CC1. The van der Waals surface area contributed by atoms with Gasteiger partial charge in [-0.05, 0) is 48.9 Å². The summed E-state index contributed by atoms with van der Waals surface area (Å²) in [6, 6.07) is 13.4. The zero-order valence-corrected chi connectivity index (χ0v) is 16.4. The molecule has 0 atom stereocenters. The number of halogens is 2. The summed E-state index contributed by atoms with van der Waals surface area (Å²) < 4.78 is 0. The van der Waals surface area contributed by atoms with Crippen molar-refractivity contribution in [2.45, 2.75) is 13.3 Å². The number of benzene rings is 2. The predicted molar refractivity (Wildman–Crippen MR) is 110 cm³/mol. The maximum Gasteiger partial charge on any atom is 0.225 e. The van der Waals surface area contributed by atoms with Crippen LogP contribution in [0.4, 0.5) is 11.4 Å². The molecule has 3 rings (SSSR count). The van der Waals surface area contributed by atoms with Gasteiger partial charge >= 0.3 is 0 Å². The summed E-state index contributed by atoms with van der Waals surface area (Å²) in [6.45, 7) is 6.48. The minimum Gasteiger partial charge on any atom is -0.369 e. The van der Waals surface area contributed by atoms with Crippen LogP contribution in [0.1, 0.15) is 12.0 Å². The van der Waals surface area contributed by atoms with E-state index in [2.05, 4.69) is 21.2 Å². The van der Waals surface area contributed by atoms with E-state index >= 15 is 0 Å². The molecule has 1 saturated heterocycles. The van der Waals surface area contributed by atoms with Crippen LogP contribution in [0.3, 0.4) is 0 Å². The van der Waals surface area contributed by atoms with Crippen LogP contribution in [-0.4, -0.2) is 43.5 Å². The molecule has 1 heterocycles. The molecule has 0 aliphatic carbocycles. The number of aryl methyl sites for hydroxylation is 1. The van der Waals surface area contributed by atoms with Crippen LogP contribution in [0.25, 0.3) is 0 Å². The summed E-state index contributed by atoms with van der Waals surface area (Å²) in [5.74, 6) is 0.0349. The van der Waals surface area contributed by atoms with Crippen molar-refractivity contribution in [2.24, 2.45) is 0 Å². The van der Waals surface area contributed by atoms with Gasteiger partial charge < -0.3 is 10.2 Å². The number of nitrogens with zero attached hydrogens (tertiary/aromatic N) is 2. The number of rotatable bonds is 5. The monoisotopic (exact) mass is 391 g/mol. The Morgan fingerprint density at radius 1 is 1.04 bits per heavy atom. The fourth-order valence-corrected chi connectivity index (χ4v) is 3.55. The van der Waals surface area contributed by atoms with E-state index < -0.39 is 0 Å². The Morgan fingerprint density at radius 3 is 2.46 bits per heavy atom. The van der Waals surface area contributed by atoms with Gasteiger partial charge in [-0.3, -0.25) is 9.69 Å². The molecule has 4 nitrogen and oxygen atoms in total. The van der Waals surface area contributed by atoms with Gasteiger partial charge in [0.15, 0.2) is 0 Å². The van der Waals surface area contributed by atoms with Crippen LogP contribution in [0, 0.1) is 6.92 Å². The van der Waals surface area contributed by atoms with Gasteiger partial charge in [0.25, 0.3) is 0 Å². The number of carbonyl (C=O) groups excluding carboxylic acids is 1. The Hall–Kier alpha value is -1.75. The van der Waals surface area contributed by atoms with Crippen LogP contribution in [0.5, 0.6) is 0 Å². The third kappa shape index (κ3) is 5.13. The van der Waals surface area contributed by atoms with Gasteiger partial charge in [-0.2, -0.15) is 0 Å². The van der Waals surface area contributed by atoms with E-state index in [1.807, 2.05) is 37.3 Å². The smallest absolute Gasteiger partial charge is 0.225 e. The van der Waals surface area contributed by atoms with E-state index in [0.29, 0.717) is 11.4 Å². The van der Waals surface area contributed by atoms with Crippen LogP contribution >= 0.6 is 23.2 Å². The summed E-state index contributed by atoms with van der Waals surface area (Å²) >= 11 is 12.0. The minimum absolute atomic E-state index is 0.0349. The second kappa shape index (κ2) is 8.76. The fourth-order valence-electron chi connectivity index (χ4n) is 3.14. The molecule has 0 radical (unpaired) electrons. The second-order valence-corrected chi connectivity index (χ2v) is 7.44. The van der Waals surface area contributed by atoms with Crippen molar-refractivity contribution >= 4 is 40.5 Å². The summed E-state index contributed by atoms with van der Waals surface area (Å²) in [5.41, 5.74) is 2.96. The summed E-state index contributed by atoms with van der Waals surface area (Å²) in [7, 11) is 0. The quantitative estimate of drug-likeness (QED) is 0.817. The number of hydrogen-bond acceptors (Lipinski definition) is 3. The predicted octanol–water partition coefficient (Wildman–Crippen LogP) is 4.45. The van der Waals surface area contributed by atoms with E-state index in [9.17, 15) is 4.79 Å². The van der Waals surface area contributed by atoms with E-state index in [0.717, 1.165) is 54.7 Å². The first-order valence-electron chi connectivity index (χ1n) is 8.80. The molecule has 0 unspecified atom stereocenters. The average molecular weight is 392 g/mol. The zero-order chi connectivity index (χ0) is 18.5. The number of piperazine rings is 1. The molecule has 1 aliphatic rings. The Bertz CT molecular complexity index is 773. The lowest BCUT2D eigenvalue weighted by atomic mass is 10.2. The number of carbonyl (C=O) groups is 1. The number of anilines is 2. The Balaban J connectivity index is 1.44. The highest BCUT2D eigenvalue weighted by atomic mass is 35.5.